The zero-order valence-corrected chi connectivity index (χ0v) is 20.8. The smallest absolute Gasteiger partial charge is 0.276 e. The number of aliphatic hydroxyl groups is 1. The lowest BCUT2D eigenvalue weighted by atomic mass is 10.0. The molecule has 0 atom stereocenters. The van der Waals surface area contributed by atoms with Gasteiger partial charge in [0.15, 0.2) is 5.69 Å². The van der Waals surface area contributed by atoms with Gasteiger partial charge in [-0.3, -0.25) is 24.8 Å². The number of piperidine rings is 1. The molecule has 0 spiro atoms. The summed E-state index contributed by atoms with van der Waals surface area (Å²) in [4.78, 5) is 24.4. The number of pyridine rings is 2. The SMILES string of the molecule is O=C(Nc1ccc(-c2ccccc2)nc1)c1n[nH]c2ccc(-c3cncc(CN4CCC(O)CC4)c3)cc12. The van der Waals surface area contributed by atoms with Crippen LogP contribution >= 0.6 is 0 Å². The highest BCUT2D eigenvalue weighted by molar-refractivity contribution is 6.11. The van der Waals surface area contributed by atoms with Crippen LogP contribution in [0.1, 0.15) is 28.9 Å². The number of nitrogens with zero attached hydrogens (tertiary/aromatic N) is 4. The van der Waals surface area contributed by atoms with Crippen LogP contribution in [0.25, 0.3) is 33.3 Å². The molecule has 3 N–H and O–H groups in total. The first-order chi connectivity index (χ1) is 18.6. The number of H-pyrrole nitrogens is 1. The van der Waals surface area contributed by atoms with E-state index in [-0.39, 0.29) is 12.0 Å². The molecule has 6 rings (SSSR count). The van der Waals surface area contributed by atoms with Gasteiger partial charge in [-0.2, -0.15) is 5.10 Å². The fourth-order valence-corrected chi connectivity index (χ4v) is 4.87. The number of benzene rings is 2. The van der Waals surface area contributed by atoms with Gasteiger partial charge in [0.25, 0.3) is 5.91 Å². The highest BCUT2D eigenvalue weighted by Crippen LogP contribution is 2.27. The third-order valence-electron chi connectivity index (χ3n) is 6.96. The molecule has 190 valence electrons. The average molecular weight is 505 g/mol. The van der Waals surface area contributed by atoms with Crippen LogP contribution < -0.4 is 5.32 Å². The summed E-state index contributed by atoms with van der Waals surface area (Å²) >= 11 is 0. The molecule has 1 aliphatic heterocycles. The number of nitrogens with one attached hydrogen (secondary N) is 2. The second-order valence-electron chi connectivity index (χ2n) is 9.67. The number of hydrogen-bond acceptors (Lipinski definition) is 6. The zero-order chi connectivity index (χ0) is 25.9. The number of fused-ring (bicyclic) bond motifs is 1. The van der Waals surface area contributed by atoms with Crippen molar-refractivity contribution in [3.63, 3.8) is 0 Å². The van der Waals surface area contributed by atoms with Crippen molar-refractivity contribution in [1.29, 1.82) is 0 Å². The molecule has 0 aliphatic carbocycles. The number of aromatic amines is 1. The van der Waals surface area contributed by atoms with E-state index in [1.807, 2.05) is 73.1 Å². The molecule has 1 amide bonds. The van der Waals surface area contributed by atoms with Crippen LogP contribution in [-0.2, 0) is 6.54 Å². The van der Waals surface area contributed by atoms with E-state index in [1.165, 1.54) is 0 Å². The van der Waals surface area contributed by atoms with Crippen LogP contribution in [0, 0.1) is 0 Å². The normalized spacial score (nSPS) is 14.6. The minimum absolute atomic E-state index is 0.186. The van der Waals surface area contributed by atoms with Crippen LogP contribution in [0.4, 0.5) is 5.69 Å². The van der Waals surface area contributed by atoms with Gasteiger partial charge >= 0.3 is 0 Å². The number of rotatable bonds is 6. The first-order valence-corrected chi connectivity index (χ1v) is 12.8. The van der Waals surface area contributed by atoms with Gasteiger partial charge in [-0.15, -0.1) is 0 Å². The quantitative estimate of drug-likeness (QED) is 0.304. The summed E-state index contributed by atoms with van der Waals surface area (Å²) in [7, 11) is 0. The standard InChI is InChI=1S/C30H28N6O2/c37-25-10-12-36(13-11-25)19-20-14-23(17-31-16-20)22-6-8-28-26(15-22)29(35-34-28)30(38)33-24-7-9-27(32-18-24)21-4-2-1-3-5-21/h1-9,14-18,25,37H,10-13,19H2,(H,33,38)(H,34,35). The number of carbonyl (C=O) groups excluding carboxylic acids is 1. The number of likely N-dealkylation sites (tertiary alicyclic amines) is 1. The van der Waals surface area contributed by atoms with Gasteiger partial charge < -0.3 is 10.4 Å². The van der Waals surface area contributed by atoms with E-state index in [4.69, 9.17) is 0 Å². The Hall–Kier alpha value is -4.40. The maximum Gasteiger partial charge on any atom is 0.276 e. The van der Waals surface area contributed by atoms with E-state index in [0.29, 0.717) is 11.4 Å². The summed E-state index contributed by atoms with van der Waals surface area (Å²) in [5.74, 6) is -0.304. The van der Waals surface area contributed by atoms with Crippen molar-refractivity contribution in [2.75, 3.05) is 18.4 Å². The Morgan fingerprint density at radius 2 is 1.79 bits per heavy atom. The van der Waals surface area contributed by atoms with Gasteiger partial charge in [0.05, 0.1) is 29.2 Å². The van der Waals surface area contributed by atoms with E-state index in [2.05, 4.69) is 36.4 Å². The Kier molecular flexibility index (Phi) is 6.64. The summed E-state index contributed by atoms with van der Waals surface area (Å²) < 4.78 is 0. The monoisotopic (exact) mass is 504 g/mol. The van der Waals surface area contributed by atoms with Crippen LogP contribution in [0.2, 0.25) is 0 Å². The van der Waals surface area contributed by atoms with E-state index in [9.17, 15) is 9.90 Å². The van der Waals surface area contributed by atoms with Crippen LogP contribution in [0.5, 0.6) is 0 Å². The van der Waals surface area contributed by atoms with Gasteiger partial charge in [0.1, 0.15) is 0 Å². The molecule has 1 fully saturated rings. The van der Waals surface area contributed by atoms with Gasteiger partial charge in [-0.25, -0.2) is 0 Å². The fourth-order valence-electron chi connectivity index (χ4n) is 4.87. The topological polar surface area (TPSA) is 107 Å². The molecule has 5 aromatic rings. The number of hydrogen-bond donors (Lipinski definition) is 3. The molecule has 0 radical (unpaired) electrons. The number of anilines is 1. The maximum atomic E-state index is 13.1. The molecule has 0 saturated carbocycles. The summed E-state index contributed by atoms with van der Waals surface area (Å²) in [6, 6.07) is 21.7. The Morgan fingerprint density at radius 3 is 2.58 bits per heavy atom. The molecule has 2 aromatic carbocycles. The van der Waals surface area contributed by atoms with E-state index in [1.54, 1.807) is 6.20 Å². The van der Waals surface area contributed by atoms with Crippen LogP contribution in [-0.4, -0.2) is 55.3 Å². The molecule has 1 saturated heterocycles. The van der Waals surface area contributed by atoms with Gasteiger partial charge in [0.2, 0.25) is 0 Å². The third-order valence-corrected chi connectivity index (χ3v) is 6.96. The lowest BCUT2D eigenvalue weighted by Crippen LogP contribution is -2.35. The van der Waals surface area contributed by atoms with E-state index < -0.39 is 0 Å². The summed E-state index contributed by atoms with van der Waals surface area (Å²) in [5.41, 5.74) is 6.63. The van der Waals surface area contributed by atoms with Crippen molar-refractivity contribution < 1.29 is 9.90 Å². The number of amides is 1. The van der Waals surface area contributed by atoms with Crippen molar-refractivity contribution in [3.8, 4) is 22.4 Å². The van der Waals surface area contributed by atoms with E-state index in [0.717, 1.165) is 71.3 Å². The second kappa shape index (κ2) is 10.5. The first-order valence-electron chi connectivity index (χ1n) is 12.8. The lowest BCUT2D eigenvalue weighted by Gasteiger charge is -2.29. The highest BCUT2D eigenvalue weighted by atomic mass is 16.3. The molecule has 8 nitrogen and oxygen atoms in total. The van der Waals surface area contributed by atoms with E-state index >= 15 is 0 Å². The molecule has 0 bridgehead atoms. The molecule has 38 heavy (non-hydrogen) atoms. The summed E-state index contributed by atoms with van der Waals surface area (Å²) in [6.45, 7) is 2.57. The second-order valence-corrected chi connectivity index (χ2v) is 9.67. The number of aromatic nitrogens is 4. The van der Waals surface area contributed by atoms with Gasteiger partial charge in [0, 0.05) is 48.5 Å². The summed E-state index contributed by atoms with van der Waals surface area (Å²) in [5, 5.41) is 20.7. The Bertz CT molecular complexity index is 1560. The summed E-state index contributed by atoms with van der Waals surface area (Å²) in [6.07, 6.45) is 6.81. The van der Waals surface area contributed by atoms with Crippen molar-refractivity contribution in [1.82, 2.24) is 25.1 Å². The third kappa shape index (κ3) is 5.18. The molecule has 1 aliphatic rings. The van der Waals surface area contributed by atoms with Gasteiger partial charge in [-0.1, -0.05) is 36.4 Å². The van der Waals surface area contributed by atoms with Gasteiger partial charge in [-0.05, 0) is 54.3 Å². The van der Waals surface area contributed by atoms with Crippen molar-refractivity contribution in [2.24, 2.45) is 0 Å². The van der Waals surface area contributed by atoms with Crippen molar-refractivity contribution >= 4 is 22.5 Å². The minimum atomic E-state index is -0.304. The molecule has 3 aromatic heterocycles. The molecular weight excluding hydrogens is 476 g/mol. The maximum absolute atomic E-state index is 13.1. The lowest BCUT2D eigenvalue weighted by molar-refractivity contribution is 0.0792. The van der Waals surface area contributed by atoms with Crippen molar-refractivity contribution in [2.45, 2.75) is 25.5 Å². The Balaban J connectivity index is 1.20. The molecule has 4 heterocycles. The molecular formula is C30H28N6O2. The molecule has 8 heteroatoms. The van der Waals surface area contributed by atoms with Crippen LogP contribution in [0.15, 0.2) is 85.3 Å². The predicted molar refractivity (Wildman–Crippen MR) is 147 cm³/mol. The first kappa shape index (κ1) is 24.0. The fraction of sp³-hybridized carbons (Fsp3) is 0.200. The van der Waals surface area contributed by atoms with Crippen molar-refractivity contribution in [3.05, 3.63) is 96.6 Å². The highest BCUT2D eigenvalue weighted by Gasteiger charge is 2.18. The Labute approximate surface area is 220 Å². The average Bonchev–Trinajstić information content (AvgIpc) is 3.39. The molecule has 0 unspecified atom stereocenters. The zero-order valence-electron chi connectivity index (χ0n) is 20.8. The number of aliphatic hydroxyl groups excluding tert-OH is 1. The predicted octanol–water partition coefficient (Wildman–Crippen LogP) is 4.90. The number of carbonyl (C=O) groups is 1. The Morgan fingerprint density at radius 1 is 0.947 bits per heavy atom. The minimum Gasteiger partial charge on any atom is -0.393 e. The largest absolute Gasteiger partial charge is 0.393 e. The van der Waals surface area contributed by atoms with Crippen LogP contribution in [0.3, 0.4) is 0 Å².